The Morgan fingerprint density at radius 2 is 2.11 bits per heavy atom. The van der Waals surface area contributed by atoms with Gasteiger partial charge < -0.3 is 0 Å². The molecule has 1 N–H and O–H groups in total. The molecule has 0 radical (unpaired) electrons. The second-order valence-electron chi connectivity index (χ2n) is 4.41. The molecule has 1 aromatic heterocycles. The van der Waals surface area contributed by atoms with E-state index in [0.717, 1.165) is 5.69 Å². The number of halogens is 1. The minimum absolute atomic E-state index is 0.0544. The zero-order chi connectivity index (χ0) is 14.2. The van der Waals surface area contributed by atoms with E-state index in [9.17, 15) is 14.9 Å². The zero-order valence-electron chi connectivity index (χ0n) is 10.4. The monoisotopic (exact) mass is 325 g/mol. The van der Waals surface area contributed by atoms with Crippen LogP contribution in [0.5, 0.6) is 0 Å². The second-order valence-corrected chi connectivity index (χ2v) is 5.20. The summed E-state index contributed by atoms with van der Waals surface area (Å²) in [6.07, 6.45) is 0. The lowest BCUT2D eigenvalue weighted by Crippen LogP contribution is -2.14. The first-order valence-corrected chi connectivity index (χ1v) is 6.46. The van der Waals surface area contributed by atoms with E-state index in [1.54, 1.807) is 12.1 Å². The third kappa shape index (κ3) is 2.46. The first-order valence-electron chi connectivity index (χ1n) is 5.67. The van der Waals surface area contributed by atoms with Gasteiger partial charge in [0, 0.05) is 12.1 Å². The summed E-state index contributed by atoms with van der Waals surface area (Å²) in [6, 6.07) is 5.93. The summed E-state index contributed by atoms with van der Waals surface area (Å²) >= 11 is 3.25. The molecule has 0 fully saturated rings. The first-order chi connectivity index (χ1) is 8.91. The standard InChI is InChI=1S/C12H12BrN3O3/c1-7(2)11-10(13)12(17)15(14-11)8-4-3-5-9(6-8)16(18)19/h3-7,14H,1-2H3. The molecular weight excluding hydrogens is 314 g/mol. The number of nitro benzene ring substituents is 1. The van der Waals surface area contributed by atoms with Crippen molar-refractivity contribution in [2.75, 3.05) is 0 Å². The summed E-state index contributed by atoms with van der Waals surface area (Å²) in [5, 5.41) is 13.7. The molecule has 0 aliphatic heterocycles. The number of H-pyrrole nitrogens is 1. The normalized spacial score (nSPS) is 10.9. The van der Waals surface area contributed by atoms with Gasteiger partial charge in [0.25, 0.3) is 11.2 Å². The number of non-ortho nitro benzene ring substituents is 1. The van der Waals surface area contributed by atoms with E-state index >= 15 is 0 Å². The van der Waals surface area contributed by atoms with E-state index < -0.39 is 4.92 Å². The third-order valence-electron chi connectivity index (χ3n) is 2.74. The quantitative estimate of drug-likeness (QED) is 0.695. The van der Waals surface area contributed by atoms with Crippen LogP contribution in [0.2, 0.25) is 0 Å². The number of aromatic nitrogens is 2. The molecule has 0 aliphatic carbocycles. The molecule has 1 heterocycles. The van der Waals surface area contributed by atoms with Crippen LogP contribution in [0.25, 0.3) is 5.69 Å². The van der Waals surface area contributed by atoms with Crippen molar-refractivity contribution in [3.63, 3.8) is 0 Å². The van der Waals surface area contributed by atoms with E-state index in [1.807, 2.05) is 13.8 Å². The fraction of sp³-hybridized carbons (Fsp3) is 0.250. The highest BCUT2D eigenvalue weighted by molar-refractivity contribution is 9.10. The SMILES string of the molecule is CC(C)c1[nH]n(-c2cccc([N+](=O)[O-])c2)c(=O)c1Br. The minimum Gasteiger partial charge on any atom is -0.294 e. The van der Waals surface area contributed by atoms with Crippen LogP contribution in [0, 0.1) is 10.1 Å². The average Bonchev–Trinajstić information content (AvgIpc) is 2.67. The number of rotatable bonds is 3. The van der Waals surface area contributed by atoms with Gasteiger partial charge in [-0.15, -0.1) is 0 Å². The molecule has 6 nitrogen and oxygen atoms in total. The van der Waals surface area contributed by atoms with Crippen LogP contribution in [-0.2, 0) is 0 Å². The Hall–Kier alpha value is -1.89. The van der Waals surface area contributed by atoms with Crippen LogP contribution in [0.15, 0.2) is 33.5 Å². The number of nitrogens with zero attached hydrogens (tertiary/aromatic N) is 2. The number of nitrogens with one attached hydrogen (secondary N) is 1. The summed E-state index contributed by atoms with van der Waals surface area (Å²) in [4.78, 5) is 22.3. The third-order valence-corrected chi connectivity index (χ3v) is 3.50. The Balaban J connectivity index is 2.60. The highest BCUT2D eigenvalue weighted by Crippen LogP contribution is 2.22. The molecule has 2 aromatic rings. The van der Waals surface area contributed by atoms with Gasteiger partial charge in [0.15, 0.2) is 0 Å². The van der Waals surface area contributed by atoms with Crippen molar-refractivity contribution in [2.24, 2.45) is 0 Å². The maximum atomic E-state index is 12.1. The van der Waals surface area contributed by atoms with E-state index in [2.05, 4.69) is 21.0 Å². The summed E-state index contributed by atoms with van der Waals surface area (Å²) in [6.45, 7) is 3.90. The molecule has 0 amide bonds. The van der Waals surface area contributed by atoms with Gasteiger partial charge in [0.05, 0.1) is 16.3 Å². The van der Waals surface area contributed by atoms with Crippen molar-refractivity contribution in [3.8, 4) is 5.69 Å². The molecule has 0 bridgehead atoms. The number of benzene rings is 1. The Bertz CT molecular complexity index is 688. The topological polar surface area (TPSA) is 80.9 Å². The molecule has 0 saturated heterocycles. The molecule has 0 unspecified atom stereocenters. The van der Waals surface area contributed by atoms with Gasteiger partial charge in [0.1, 0.15) is 4.47 Å². The Kier molecular flexibility index (Phi) is 3.57. The maximum Gasteiger partial charge on any atom is 0.285 e. The smallest absolute Gasteiger partial charge is 0.285 e. The van der Waals surface area contributed by atoms with Crippen molar-refractivity contribution in [2.45, 2.75) is 19.8 Å². The van der Waals surface area contributed by atoms with Crippen LogP contribution in [0.3, 0.4) is 0 Å². The molecule has 0 atom stereocenters. The second kappa shape index (κ2) is 5.00. The molecule has 1 aromatic carbocycles. The lowest BCUT2D eigenvalue weighted by molar-refractivity contribution is -0.384. The lowest BCUT2D eigenvalue weighted by Gasteiger charge is -2.03. The highest BCUT2D eigenvalue weighted by atomic mass is 79.9. The number of hydrogen-bond acceptors (Lipinski definition) is 3. The maximum absolute atomic E-state index is 12.1. The molecule has 0 saturated carbocycles. The van der Waals surface area contributed by atoms with Gasteiger partial charge in [-0.3, -0.25) is 20.0 Å². The van der Waals surface area contributed by atoms with Crippen LogP contribution < -0.4 is 5.56 Å². The fourth-order valence-electron chi connectivity index (χ4n) is 1.74. The van der Waals surface area contributed by atoms with Gasteiger partial charge in [-0.25, -0.2) is 4.68 Å². The first kappa shape index (κ1) is 13.5. The molecule has 7 heteroatoms. The highest BCUT2D eigenvalue weighted by Gasteiger charge is 2.16. The molecular formula is C12H12BrN3O3. The Labute approximate surface area is 117 Å². The summed E-state index contributed by atoms with van der Waals surface area (Å²) in [7, 11) is 0. The molecule has 2 rings (SSSR count). The average molecular weight is 326 g/mol. The molecule has 100 valence electrons. The fourth-order valence-corrected chi connectivity index (χ4v) is 2.47. The van der Waals surface area contributed by atoms with Crippen molar-refractivity contribution in [1.82, 2.24) is 9.78 Å². The van der Waals surface area contributed by atoms with Crippen molar-refractivity contribution >= 4 is 21.6 Å². The van der Waals surface area contributed by atoms with Gasteiger partial charge >= 0.3 is 0 Å². The number of aromatic amines is 1. The molecule has 0 aliphatic rings. The predicted molar refractivity (Wildman–Crippen MR) is 74.8 cm³/mol. The van der Waals surface area contributed by atoms with E-state index in [-0.39, 0.29) is 17.2 Å². The van der Waals surface area contributed by atoms with E-state index in [4.69, 9.17) is 0 Å². The van der Waals surface area contributed by atoms with Crippen molar-refractivity contribution in [1.29, 1.82) is 0 Å². The lowest BCUT2D eigenvalue weighted by atomic mass is 10.1. The summed E-state index contributed by atoms with van der Waals surface area (Å²) < 4.78 is 1.75. The van der Waals surface area contributed by atoms with E-state index in [0.29, 0.717) is 10.2 Å². The van der Waals surface area contributed by atoms with Crippen LogP contribution in [0.4, 0.5) is 5.69 Å². The van der Waals surface area contributed by atoms with Gasteiger partial charge in [-0.05, 0) is 27.9 Å². The molecule has 19 heavy (non-hydrogen) atoms. The minimum atomic E-state index is -0.490. The summed E-state index contributed by atoms with van der Waals surface area (Å²) in [5.41, 5.74) is 0.883. The van der Waals surface area contributed by atoms with Gasteiger partial charge in [-0.1, -0.05) is 19.9 Å². The number of hydrogen-bond donors (Lipinski definition) is 1. The van der Waals surface area contributed by atoms with Crippen LogP contribution >= 0.6 is 15.9 Å². The van der Waals surface area contributed by atoms with Crippen molar-refractivity contribution < 1.29 is 4.92 Å². The predicted octanol–water partition coefficient (Wildman–Crippen LogP) is 2.96. The zero-order valence-corrected chi connectivity index (χ0v) is 12.0. The Morgan fingerprint density at radius 1 is 1.42 bits per heavy atom. The van der Waals surface area contributed by atoms with Crippen LogP contribution in [-0.4, -0.2) is 14.7 Å². The van der Waals surface area contributed by atoms with Crippen molar-refractivity contribution in [3.05, 3.63) is 54.9 Å². The Morgan fingerprint density at radius 3 is 2.63 bits per heavy atom. The summed E-state index contributed by atoms with van der Waals surface area (Å²) in [5.74, 6) is 0.141. The number of nitro groups is 1. The largest absolute Gasteiger partial charge is 0.294 e. The molecule has 0 spiro atoms. The van der Waals surface area contributed by atoms with Gasteiger partial charge in [-0.2, -0.15) is 0 Å². The van der Waals surface area contributed by atoms with E-state index in [1.165, 1.54) is 16.8 Å². The van der Waals surface area contributed by atoms with Crippen LogP contribution in [0.1, 0.15) is 25.5 Å². The van der Waals surface area contributed by atoms with Gasteiger partial charge in [0.2, 0.25) is 0 Å².